The molecule has 0 aliphatic carbocycles. The van der Waals surface area contributed by atoms with Crippen molar-refractivity contribution in [2.24, 2.45) is 5.92 Å². The molecule has 3 unspecified atom stereocenters. The molecule has 3 rings (SSSR count). The van der Waals surface area contributed by atoms with Gasteiger partial charge in [-0.15, -0.1) is 11.8 Å². The van der Waals surface area contributed by atoms with Crippen molar-refractivity contribution in [2.75, 3.05) is 33.7 Å². The van der Waals surface area contributed by atoms with Crippen LogP contribution in [0.15, 0.2) is 42.5 Å². The van der Waals surface area contributed by atoms with E-state index in [-0.39, 0.29) is 23.7 Å². The highest BCUT2D eigenvalue weighted by molar-refractivity contribution is 7.99. The molecule has 258 valence electrons. The van der Waals surface area contributed by atoms with Gasteiger partial charge in [0.1, 0.15) is 23.9 Å². The number of rotatable bonds is 19. The third-order valence-electron chi connectivity index (χ3n) is 8.92. The van der Waals surface area contributed by atoms with E-state index in [2.05, 4.69) is 24.5 Å². The van der Waals surface area contributed by atoms with Gasteiger partial charge in [0.15, 0.2) is 0 Å². The lowest BCUT2D eigenvalue weighted by Gasteiger charge is -2.44. The monoisotopic (exact) mass is 674 g/mol. The van der Waals surface area contributed by atoms with Crippen LogP contribution in [0.4, 0.5) is 22.0 Å². The maximum Gasteiger partial charge on any atom is 0.453 e. The first-order valence-corrected chi connectivity index (χ1v) is 17.3. The van der Waals surface area contributed by atoms with Crippen LogP contribution in [0, 0.1) is 5.92 Å². The van der Waals surface area contributed by atoms with Crippen molar-refractivity contribution in [2.45, 2.75) is 100 Å². The summed E-state index contributed by atoms with van der Waals surface area (Å²) in [6.45, 7) is 2.30. The molecule has 0 N–H and O–H groups in total. The van der Waals surface area contributed by atoms with Gasteiger partial charge in [0, 0.05) is 18.4 Å². The molecule has 3 atom stereocenters. The highest BCUT2D eigenvalue weighted by Gasteiger charge is 2.56. The number of alkyl halides is 5. The zero-order chi connectivity index (χ0) is 33.8. The Morgan fingerprint density at radius 3 is 2.13 bits per heavy atom. The number of carbonyl (C=O) groups is 1. The molecule has 0 bridgehead atoms. The highest BCUT2D eigenvalue weighted by Crippen LogP contribution is 2.55. The lowest BCUT2D eigenvalue weighted by Crippen LogP contribution is -2.40. The molecular weight excluding hydrogens is 627 g/mol. The lowest BCUT2D eigenvalue weighted by atomic mass is 9.76. The standard InChI is InChI=1S/C35H47F5O5S/c1-5-44-32(41)25(14-12-22-34(36,37)35(38,39)40)13-10-8-6-7-9-11-15-30-29-21-20-28(43-3)23-31(29)45-24-33(30,46-4)26-16-18-27(42-2)19-17-26/h16-21,23,25,30H,5-15,22,24H2,1-4H3. The van der Waals surface area contributed by atoms with Crippen molar-refractivity contribution in [3.8, 4) is 17.2 Å². The maximum atomic E-state index is 13.3. The zero-order valence-corrected chi connectivity index (χ0v) is 28.0. The average molecular weight is 675 g/mol. The largest absolute Gasteiger partial charge is 0.497 e. The normalized spacial score (nSPS) is 18.8. The second kappa shape index (κ2) is 17.5. The molecule has 46 heavy (non-hydrogen) atoms. The molecule has 0 fully saturated rings. The van der Waals surface area contributed by atoms with Crippen LogP contribution in [0.25, 0.3) is 0 Å². The quantitative estimate of drug-likeness (QED) is 0.0840. The van der Waals surface area contributed by atoms with Crippen LogP contribution in [0.2, 0.25) is 0 Å². The fourth-order valence-electron chi connectivity index (χ4n) is 6.26. The lowest BCUT2D eigenvalue weighted by molar-refractivity contribution is -0.284. The van der Waals surface area contributed by atoms with E-state index < -0.39 is 36.8 Å². The molecule has 0 spiro atoms. The number of hydrogen-bond acceptors (Lipinski definition) is 6. The summed E-state index contributed by atoms with van der Waals surface area (Å²) in [5.41, 5.74) is 2.35. The molecule has 5 nitrogen and oxygen atoms in total. The van der Waals surface area contributed by atoms with Crippen LogP contribution >= 0.6 is 11.8 Å². The fraction of sp³-hybridized carbons (Fsp3) is 0.629. The number of ether oxygens (including phenoxy) is 4. The van der Waals surface area contributed by atoms with Crippen LogP contribution in [0.1, 0.15) is 94.6 Å². The van der Waals surface area contributed by atoms with Crippen molar-refractivity contribution >= 4 is 17.7 Å². The van der Waals surface area contributed by atoms with Gasteiger partial charge in [-0.2, -0.15) is 22.0 Å². The second-order valence-corrected chi connectivity index (χ2v) is 12.9. The molecule has 0 saturated heterocycles. The minimum Gasteiger partial charge on any atom is -0.497 e. The number of hydrogen-bond donors (Lipinski definition) is 0. The van der Waals surface area contributed by atoms with Gasteiger partial charge < -0.3 is 18.9 Å². The topological polar surface area (TPSA) is 54.0 Å². The zero-order valence-electron chi connectivity index (χ0n) is 27.2. The van der Waals surface area contributed by atoms with Crippen molar-refractivity contribution < 1.29 is 45.7 Å². The molecule has 2 aromatic rings. The van der Waals surface area contributed by atoms with Crippen LogP contribution in [-0.4, -0.2) is 51.8 Å². The summed E-state index contributed by atoms with van der Waals surface area (Å²) in [6.07, 6.45) is 1.63. The summed E-state index contributed by atoms with van der Waals surface area (Å²) in [4.78, 5) is 12.3. The number of unbranched alkanes of at least 4 members (excludes halogenated alkanes) is 5. The molecule has 1 aliphatic rings. The molecule has 1 heterocycles. The Morgan fingerprint density at radius 1 is 0.913 bits per heavy atom. The Balaban J connectivity index is 1.54. The Hall–Kier alpha value is -2.69. The Kier molecular flexibility index (Phi) is 14.3. The van der Waals surface area contributed by atoms with Gasteiger partial charge in [-0.3, -0.25) is 4.79 Å². The fourth-order valence-corrected chi connectivity index (χ4v) is 7.33. The van der Waals surface area contributed by atoms with Crippen LogP contribution in [-0.2, 0) is 14.3 Å². The van der Waals surface area contributed by atoms with Gasteiger partial charge in [0.2, 0.25) is 0 Å². The summed E-state index contributed by atoms with van der Waals surface area (Å²) < 4.78 is 86.1. The number of thioether (sulfide) groups is 1. The van der Waals surface area contributed by atoms with Gasteiger partial charge in [-0.05, 0) is 68.2 Å². The summed E-state index contributed by atoms with van der Waals surface area (Å²) >= 11 is 1.80. The molecule has 0 aromatic heterocycles. The first kappa shape index (κ1) is 37.8. The number of halogens is 5. The third kappa shape index (κ3) is 9.67. The Labute approximate surface area is 273 Å². The number of benzene rings is 2. The predicted octanol–water partition coefficient (Wildman–Crippen LogP) is 10.1. The molecule has 2 aromatic carbocycles. The number of esters is 1. The number of fused-ring (bicyclic) bond motifs is 1. The van der Waals surface area contributed by atoms with Crippen molar-refractivity contribution in [3.05, 3.63) is 53.6 Å². The Bertz CT molecular complexity index is 1220. The van der Waals surface area contributed by atoms with Crippen molar-refractivity contribution in [1.82, 2.24) is 0 Å². The highest BCUT2D eigenvalue weighted by atomic mass is 32.2. The van der Waals surface area contributed by atoms with E-state index in [0.29, 0.717) is 19.4 Å². The molecule has 1 aliphatic heterocycles. The van der Waals surface area contributed by atoms with Gasteiger partial charge in [0.05, 0.1) is 31.5 Å². The van der Waals surface area contributed by atoms with Crippen LogP contribution < -0.4 is 14.2 Å². The van der Waals surface area contributed by atoms with E-state index >= 15 is 0 Å². The van der Waals surface area contributed by atoms with Gasteiger partial charge in [0.25, 0.3) is 0 Å². The van der Waals surface area contributed by atoms with Crippen LogP contribution in [0.5, 0.6) is 17.2 Å². The minimum atomic E-state index is -5.58. The second-order valence-electron chi connectivity index (χ2n) is 11.8. The van der Waals surface area contributed by atoms with E-state index in [9.17, 15) is 26.7 Å². The van der Waals surface area contributed by atoms with E-state index in [4.69, 9.17) is 18.9 Å². The molecule has 0 saturated carbocycles. The Morgan fingerprint density at radius 2 is 1.52 bits per heavy atom. The van der Waals surface area contributed by atoms with E-state index in [1.54, 1.807) is 32.9 Å². The van der Waals surface area contributed by atoms with Crippen molar-refractivity contribution in [3.63, 3.8) is 0 Å². The van der Waals surface area contributed by atoms with Gasteiger partial charge >= 0.3 is 18.1 Å². The van der Waals surface area contributed by atoms with Crippen molar-refractivity contribution in [1.29, 1.82) is 0 Å². The van der Waals surface area contributed by atoms with E-state index in [1.165, 1.54) is 5.56 Å². The predicted molar refractivity (Wildman–Crippen MR) is 171 cm³/mol. The SMILES string of the molecule is CCOC(=O)C(CCCCCCCCC1c2ccc(OC)cc2OCC1(SC)c1ccc(OC)cc1)CCCC(F)(F)C(F)(F)F. The first-order chi connectivity index (χ1) is 21.9. The van der Waals surface area contributed by atoms with Crippen LogP contribution in [0.3, 0.4) is 0 Å². The smallest absolute Gasteiger partial charge is 0.453 e. The van der Waals surface area contributed by atoms with Gasteiger partial charge in [-0.25, -0.2) is 0 Å². The maximum absolute atomic E-state index is 13.3. The molecule has 0 amide bonds. The first-order valence-electron chi connectivity index (χ1n) is 16.0. The van der Waals surface area contributed by atoms with E-state index in [1.807, 2.05) is 24.3 Å². The summed E-state index contributed by atoms with van der Waals surface area (Å²) in [7, 11) is 3.29. The summed E-state index contributed by atoms with van der Waals surface area (Å²) in [5, 5.41) is 0. The third-order valence-corrected chi connectivity index (χ3v) is 10.3. The summed E-state index contributed by atoms with van der Waals surface area (Å²) in [5.74, 6) is -3.34. The molecular formula is C35H47F5O5S. The average Bonchev–Trinajstić information content (AvgIpc) is 3.04. The summed E-state index contributed by atoms with van der Waals surface area (Å²) in [6, 6.07) is 14.2. The van der Waals surface area contributed by atoms with Gasteiger partial charge in [-0.1, -0.05) is 56.7 Å². The minimum absolute atomic E-state index is 0.0473. The number of methoxy groups -OCH3 is 2. The molecule has 11 heteroatoms. The molecule has 0 radical (unpaired) electrons. The number of carbonyl (C=O) groups excluding carboxylic acids is 1. The van der Waals surface area contributed by atoms with E-state index in [0.717, 1.165) is 61.3 Å².